The molecule has 3 aromatic heterocycles. The summed E-state index contributed by atoms with van der Waals surface area (Å²) in [6.07, 6.45) is 3.58. The molecule has 0 radical (unpaired) electrons. The molecule has 0 aliphatic carbocycles. The fraction of sp³-hybridized carbons (Fsp3) is 0.318. The summed E-state index contributed by atoms with van der Waals surface area (Å²) in [5.41, 5.74) is 3.17. The van der Waals surface area contributed by atoms with Crippen molar-refractivity contribution >= 4 is 5.52 Å². The second-order valence-corrected chi connectivity index (χ2v) is 7.75. The highest BCUT2D eigenvalue weighted by Gasteiger charge is 2.29. The van der Waals surface area contributed by atoms with Crippen LogP contribution in [0.25, 0.3) is 16.6 Å². The summed E-state index contributed by atoms with van der Waals surface area (Å²) < 4.78 is 42.6. The zero-order valence-corrected chi connectivity index (χ0v) is 17.8. The Morgan fingerprint density at radius 3 is 2.52 bits per heavy atom. The van der Waals surface area contributed by atoms with E-state index >= 15 is 0 Å². The first kappa shape index (κ1) is 20.8. The van der Waals surface area contributed by atoms with E-state index in [1.54, 1.807) is 36.7 Å². The first-order valence-corrected chi connectivity index (χ1v) is 9.63. The lowest BCUT2D eigenvalue weighted by molar-refractivity contribution is -0.0503. The number of fused-ring (bicyclic) bond motifs is 1. The van der Waals surface area contributed by atoms with Crippen LogP contribution in [0.1, 0.15) is 36.7 Å². The SMILES string of the molecule is COc1cc(-c2cnn3cc(C(C)(C)c4noc(C)n4)ccc23)cc(OC(F)F)c1C. The molecule has 0 aliphatic heterocycles. The first-order valence-electron chi connectivity index (χ1n) is 9.63. The summed E-state index contributed by atoms with van der Waals surface area (Å²) in [6.45, 7) is 4.49. The number of nitrogens with zero attached hydrogens (tertiary/aromatic N) is 4. The zero-order valence-electron chi connectivity index (χ0n) is 17.8. The summed E-state index contributed by atoms with van der Waals surface area (Å²) in [4.78, 5) is 4.36. The minimum absolute atomic E-state index is 0.0638. The van der Waals surface area contributed by atoms with Crippen molar-refractivity contribution in [3.63, 3.8) is 0 Å². The molecule has 0 amide bonds. The van der Waals surface area contributed by atoms with E-state index in [4.69, 9.17) is 9.26 Å². The van der Waals surface area contributed by atoms with Crippen LogP contribution in [-0.2, 0) is 5.41 Å². The number of benzene rings is 1. The Labute approximate surface area is 177 Å². The summed E-state index contributed by atoms with van der Waals surface area (Å²) >= 11 is 0. The normalized spacial score (nSPS) is 12.0. The molecule has 9 heteroatoms. The molecule has 0 bridgehead atoms. The van der Waals surface area contributed by atoms with E-state index in [9.17, 15) is 8.78 Å². The van der Waals surface area contributed by atoms with Gasteiger partial charge in [-0.05, 0) is 50.1 Å². The van der Waals surface area contributed by atoms with E-state index in [0.29, 0.717) is 28.6 Å². The van der Waals surface area contributed by atoms with Gasteiger partial charge < -0.3 is 14.0 Å². The van der Waals surface area contributed by atoms with Crippen LogP contribution in [0.15, 0.2) is 41.2 Å². The summed E-state index contributed by atoms with van der Waals surface area (Å²) in [5.74, 6) is 1.60. The molecule has 0 N–H and O–H groups in total. The van der Waals surface area contributed by atoms with Gasteiger partial charge in [-0.15, -0.1) is 0 Å². The van der Waals surface area contributed by atoms with Crippen molar-refractivity contribution in [1.82, 2.24) is 19.8 Å². The molecule has 3 heterocycles. The third-order valence-electron chi connectivity index (χ3n) is 5.38. The number of hydrogen-bond acceptors (Lipinski definition) is 6. The molecule has 0 saturated heterocycles. The van der Waals surface area contributed by atoms with Crippen LogP contribution >= 0.6 is 0 Å². The fourth-order valence-electron chi connectivity index (χ4n) is 3.51. The molecule has 0 unspecified atom stereocenters. The Morgan fingerprint density at radius 1 is 1.13 bits per heavy atom. The summed E-state index contributed by atoms with van der Waals surface area (Å²) in [6, 6.07) is 7.24. The summed E-state index contributed by atoms with van der Waals surface area (Å²) in [7, 11) is 1.49. The van der Waals surface area contributed by atoms with Crippen LogP contribution in [0.3, 0.4) is 0 Å². The van der Waals surface area contributed by atoms with E-state index in [2.05, 4.69) is 20.0 Å². The molecule has 31 heavy (non-hydrogen) atoms. The smallest absolute Gasteiger partial charge is 0.387 e. The molecule has 7 nitrogen and oxygen atoms in total. The van der Waals surface area contributed by atoms with Crippen LogP contribution in [0.2, 0.25) is 0 Å². The lowest BCUT2D eigenvalue weighted by atomic mass is 9.85. The van der Waals surface area contributed by atoms with Gasteiger partial charge >= 0.3 is 6.61 Å². The molecule has 162 valence electrons. The van der Waals surface area contributed by atoms with Gasteiger partial charge in [0.05, 0.1) is 24.2 Å². The van der Waals surface area contributed by atoms with Crippen molar-refractivity contribution in [2.24, 2.45) is 0 Å². The number of pyridine rings is 1. The topological polar surface area (TPSA) is 74.7 Å². The highest BCUT2D eigenvalue weighted by Crippen LogP contribution is 2.37. The largest absolute Gasteiger partial charge is 0.496 e. The van der Waals surface area contributed by atoms with Crippen molar-refractivity contribution in [2.75, 3.05) is 7.11 Å². The van der Waals surface area contributed by atoms with E-state index in [1.165, 1.54) is 7.11 Å². The number of aromatic nitrogens is 4. The van der Waals surface area contributed by atoms with Gasteiger partial charge in [0, 0.05) is 24.2 Å². The monoisotopic (exact) mass is 428 g/mol. The van der Waals surface area contributed by atoms with Gasteiger partial charge in [0.15, 0.2) is 5.82 Å². The predicted molar refractivity (Wildman–Crippen MR) is 110 cm³/mol. The molecule has 0 saturated carbocycles. The Bertz CT molecular complexity index is 1250. The Balaban J connectivity index is 1.79. The maximum Gasteiger partial charge on any atom is 0.387 e. The van der Waals surface area contributed by atoms with Crippen LogP contribution in [0.4, 0.5) is 8.78 Å². The standard InChI is InChI=1S/C22H22F2N4O3/c1-12-18(29-5)8-14(9-19(12)30-21(23)24)16-10-25-28-11-15(6-7-17(16)28)22(3,4)20-26-13(2)31-27-20/h6-11,21H,1-5H3. The quantitative estimate of drug-likeness (QED) is 0.433. The average molecular weight is 428 g/mol. The van der Waals surface area contributed by atoms with Crippen molar-refractivity contribution < 1.29 is 22.8 Å². The number of aryl methyl sites for hydroxylation is 1. The minimum atomic E-state index is -2.93. The molecule has 0 spiro atoms. The fourth-order valence-corrected chi connectivity index (χ4v) is 3.51. The second kappa shape index (κ2) is 7.64. The van der Waals surface area contributed by atoms with Crippen molar-refractivity contribution in [3.05, 3.63) is 59.5 Å². The molecule has 0 fully saturated rings. The molecule has 4 aromatic rings. The van der Waals surface area contributed by atoms with Crippen LogP contribution in [-0.4, -0.2) is 33.5 Å². The number of ether oxygens (including phenoxy) is 2. The van der Waals surface area contributed by atoms with E-state index < -0.39 is 12.0 Å². The average Bonchev–Trinajstić information content (AvgIpc) is 3.35. The van der Waals surface area contributed by atoms with Crippen LogP contribution < -0.4 is 9.47 Å². The van der Waals surface area contributed by atoms with E-state index in [-0.39, 0.29) is 5.75 Å². The number of methoxy groups -OCH3 is 1. The zero-order chi connectivity index (χ0) is 22.3. The lowest BCUT2D eigenvalue weighted by Crippen LogP contribution is -2.21. The van der Waals surface area contributed by atoms with Gasteiger partial charge in [-0.2, -0.15) is 18.9 Å². The third kappa shape index (κ3) is 3.71. The van der Waals surface area contributed by atoms with Gasteiger partial charge in [-0.3, -0.25) is 0 Å². The van der Waals surface area contributed by atoms with Crippen molar-refractivity contribution in [3.8, 4) is 22.6 Å². The Hall–Kier alpha value is -3.49. The van der Waals surface area contributed by atoms with Crippen molar-refractivity contribution in [2.45, 2.75) is 39.7 Å². The number of rotatable bonds is 6. The number of alkyl halides is 2. The first-order chi connectivity index (χ1) is 14.7. The highest BCUT2D eigenvalue weighted by molar-refractivity contribution is 5.82. The van der Waals surface area contributed by atoms with Crippen LogP contribution in [0, 0.1) is 13.8 Å². The summed E-state index contributed by atoms with van der Waals surface area (Å²) in [5, 5.41) is 8.51. The highest BCUT2D eigenvalue weighted by atomic mass is 19.3. The molecular weight excluding hydrogens is 406 g/mol. The van der Waals surface area contributed by atoms with Gasteiger partial charge in [-0.25, -0.2) is 4.52 Å². The Morgan fingerprint density at radius 2 is 1.87 bits per heavy atom. The molecule has 0 aliphatic rings. The Kier molecular flexibility index (Phi) is 5.12. The van der Waals surface area contributed by atoms with E-state index in [0.717, 1.165) is 16.6 Å². The molecule has 0 atom stereocenters. The predicted octanol–water partition coefficient (Wildman–Crippen LogP) is 4.94. The second-order valence-electron chi connectivity index (χ2n) is 7.75. The molecular formula is C22H22F2N4O3. The van der Waals surface area contributed by atoms with Gasteiger partial charge in [0.1, 0.15) is 11.5 Å². The van der Waals surface area contributed by atoms with Gasteiger partial charge in [0.2, 0.25) is 5.89 Å². The minimum Gasteiger partial charge on any atom is -0.496 e. The number of halogens is 2. The third-order valence-corrected chi connectivity index (χ3v) is 5.38. The van der Waals surface area contributed by atoms with Gasteiger partial charge in [-0.1, -0.05) is 11.2 Å². The van der Waals surface area contributed by atoms with Gasteiger partial charge in [0.25, 0.3) is 0 Å². The molecule has 1 aromatic carbocycles. The number of hydrogen-bond donors (Lipinski definition) is 0. The van der Waals surface area contributed by atoms with Crippen molar-refractivity contribution in [1.29, 1.82) is 0 Å². The maximum absolute atomic E-state index is 12.9. The maximum atomic E-state index is 12.9. The lowest BCUT2D eigenvalue weighted by Gasteiger charge is -2.21. The molecule has 4 rings (SSSR count). The van der Waals surface area contributed by atoms with E-state index in [1.807, 2.05) is 32.2 Å². The van der Waals surface area contributed by atoms with Crippen LogP contribution in [0.5, 0.6) is 11.5 Å².